The fourth-order valence-corrected chi connectivity index (χ4v) is 2.04. The Morgan fingerprint density at radius 3 is 2.79 bits per heavy atom. The summed E-state index contributed by atoms with van der Waals surface area (Å²) < 4.78 is 7.31. The third-order valence-electron chi connectivity index (χ3n) is 2.73. The lowest BCUT2D eigenvalue weighted by atomic mass is 10.3. The lowest BCUT2D eigenvalue weighted by Gasteiger charge is -2.05. The molecule has 0 amide bonds. The minimum atomic E-state index is 0.115. The molecular formula is C14H11ClN2O2. The number of halogens is 1. The molecule has 0 radical (unpaired) electrons. The van der Waals surface area contributed by atoms with Crippen LogP contribution in [0.25, 0.3) is 5.65 Å². The molecular weight excluding hydrogens is 264 g/mol. The van der Waals surface area contributed by atoms with E-state index in [0.717, 1.165) is 11.3 Å². The van der Waals surface area contributed by atoms with Crippen molar-refractivity contribution in [2.24, 2.45) is 0 Å². The summed E-state index contributed by atoms with van der Waals surface area (Å²) in [5, 5.41) is 10.2. The van der Waals surface area contributed by atoms with Crippen molar-refractivity contribution in [3.8, 4) is 11.5 Å². The molecule has 2 aromatic heterocycles. The average molecular weight is 275 g/mol. The average Bonchev–Trinajstić information content (AvgIpc) is 2.82. The number of ether oxygens (including phenoxy) is 1. The van der Waals surface area contributed by atoms with Crippen molar-refractivity contribution in [2.45, 2.75) is 6.61 Å². The van der Waals surface area contributed by atoms with E-state index in [0.29, 0.717) is 10.9 Å². The van der Waals surface area contributed by atoms with E-state index in [1.807, 2.05) is 18.3 Å². The Kier molecular flexibility index (Phi) is 3.01. The van der Waals surface area contributed by atoms with Gasteiger partial charge in [0.1, 0.15) is 17.4 Å². The highest BCUT2D eigenvalue weighted by molar-refractivity contribution is 6.29. The summed E-state index contributed by atoms with van der Waals surface area (Å²) in [5.74, 6) is 0.551. The van der Waals surface area contributed by atoms with Crippen LogP contribution in [-0.2, 0) is 6.61 Å². The molecule has 0 spiro atoms. The largest absolute Gasteiger partial charge is 0.504 e. The number of pyridine rings is 1. The zero-order valence-corrected chi connectivity index (χ0v) is 10.7. The van der Waals surface area contributed by atoms with Crippen LogP contribution in [0.3, 0.4) is 0 Å². The fraction of sp³-hybridized carbons (Fsp3) is 0.0714. The molecule has 0 aliphatic carbocycles. The molecule has 2 heterocycles. The number of aromatic nitrogens is 2. The van der Waals surface area contributed by atoms with Gasteiger partial charge in [-0.3, -0.25) is 4.40 Å². The van der Waals surface area contributed by atoms with Crippen LogP contribution in [0.5, 0.6) is 11.5 Å². The maximum atomic E-state index is 9.60. The highest BCUT2D eigenvalue weighted by atomic mass is 35.5. The number of para-hydroxylation sites is 2. The van der Waals surface area contributed by atoms with Crippen molar-refractivity contribution in [1.29, 1.82) is 0 Å². The highest BCUT2D eigenvalue weighted by Gasteiger charge is 2.06. The number of rotatable bonds is 3. The molecule has 0 fully saturated rings. The Labute approximate surface area is 114 Å². The van der Waals surface area contributed by atoms with Gasteiger partial charge in [0.2, 0.25) is 0 Å². The molecule has 5 heteroatoms. The van der Waals surface area contributed by atoms with Crippen LogP contribution in [0.1, 0.15) is 5.69 Å². The molecule has 1 N–H and O–H groups in total. The van der Waals surface area contributed by atoms with Gasteiger partial charge in [-0.05, 0) is 24.3 Å². The van der Waals surface area contributed by atoms with E-state index in [9.17, 15) is 5.11 Å². The molecule has 96 valence electrons. The zero-order chi connectivity index (χ0) is 13.2. The number of phenolic OH excluding ortho intramolecular Hbond substituents is 1. The molecule has 0 atom stereocenters. The van der Waals surface area contributed by atoms with Gasteiger partial charge >= 0.3 is 0 Å². The summed E-state index contributed by atoms with van der Waals surface area (Å²) in [6, 6.07) is 12.3. The number of nitrogens with zero attached hydrogens (tertiary/aromatic N) is 2. The Morgan fingerprint density at radius 2 is 2.00 bits per heavy atom. The number of hydrogen-bond acceptors (Lipinski definition) is 3. The van der Waals surface area contributed by atoms with E-state index in [4.69, 9.17) is 16.3 Å². The summed E-state index contributed by atoms with van der Waals surface area (Å²) in [6.07, 6.45) is 1.82. The fourth-order valence-electron chi connectivity index (χ4n) is 1.83. The van der Waals surface area contributed by atoms with Gasteiger partial charge in [-0.1, -0.05) is 29.8 Å². The van der Waals surface area contributed by atoms with Gasteiger partial charge in [0.05, 0.1) is 5.69 Å². The van der Waals surface area contributed by atoms with Gasteiger partial charge in [-0.2, -0.15) is 0 Å². The third kappa shape index (κ3) is 2.35. The van der Waals surface area contributed by atoms with Crippen LogP contribution >= 0.6 is 11.6 Å². The standard InChI is InChI=1S/C14H11ClN2O2/c15-13-6-3-7-14-16-10(8-17(13)14)9-19-12-5-2-1-4-11(12)18/h1-8,18H,9H2. The summed E-state index contributed by atoms with van der Waals surface area (Å²) in [4.78, 5) is 4.39. The van der Waals surface area contributed by atoms with E-state index in [2.05, 4.69) is 4.98 Å². The molecule has 1 aromatic carbocycles. The molecule has 0 saturated heterocycles. The molecule has 0 aliphatic heterocycles. The Hall–Kier alpha value is -2.20. The number of fused-ring (bicyclic) bond motifs is 1. The summed E-state index contributed by atoms with van der Waals surface area (Å²) in [7, 11) is 0. The second-order valence-corrected chi connectivity index (χ2v) is 4.45. The first-order chi connectivity index (χ1) is 9.24. The predicted octanol–water partition coefficient (Wildman–Crippen LogP) is 3.27. The van der Waals surface area contributed by atoms with E-state index < -0.39 is 0 Å². The van der Waals surface area contributed by atoms with Crippen LogP contribution in [0, 0.1) is 0 Å². The van der Waals surface area contributed by atoms with E-state index in [-0.39, 0.29) is 12.4 Å². The smallest absolute Gasteiger partial charge is 0.161 e. The normalized spacial score (nSPS) is 10.8. The third-order valence-corrected chi connectivity index (χ3v) is 3.04. The van der Waals surface area contributed by atoms with Gasteiger partial charge in [0.25, 0.3) is 0 Å². The first-order valence-electron chi connectivity index (χ1n) is 5.77. The lowest BCUT2D eigenvalue weighted by molar-refractivity contribution is 0.285. The Bertz CT molecular complexity index is 724. The van der Waals surface area contributed by atoms with Crippen LogP contribution in [0.15, 0.2) is 48.7 Å². The minimum Gasteiger partial charge on any atom is -0.504 e. The number of benzene rings is 1. The second kappa shape index (κ2) is 4.82. The number of phenols is 1. The monoisotopic (exact) mass is 274 g/mol. The highest BCUT2D eigenvalue weighted by Crippen LogP contribution is 2.25. The first kappa shape index (κ1) is 11.9. The van der Waals surface area contributed by atoms with Gasteiger partial charge in [0, 0.05) is 6.20 Å². The molecule has 4 nitrogen and oxygen atoms in total. The van der Waals surface area contributed by atoms with E-state index >= 15 is 0 Å². The Balaban J connectivity index is 1.83. The van der Waals surface area contributed by atoms with Crippen LogP contribution in [0.2, 0.25) is 5.15 Å². The number of imidazole rings is 1. The molecule has 19 heavy (non-hydrogen) atoms. The number of aromatic hydroxyl groups is 1. The van der Waals surface area contributed by atoms with Crippen molar-refractivity contribution < 1.29 is 9.84 Å². The second-order valence-electron chi connectivity index (χ2n) is 4.07. The van der Waals surface area contributed by atoms with Crippen LogP contribution in [-0.4, -0.2) is 14.5 Å². The lowest BCUT2D eigenvalue weighted by Crippen LogP contribution is -1.95. The molecule has 0 aliphatic rings. The van der Waals surface area contributed by atoms with Crippen molar-refractivity contribution in [2.75, 3.05) is 0 Å². The molecule has 0 bridgehead atoms. The molecule has 0 unspecified atom stereocenters. The van der Waals surface area contributed by atoms with E-state index in [1.165, 1.54) is 0 Å². The SMILES string of the molecule is Oc1ccccc1OCc1cn2c(Cl)cccc2n1. The molecule has 0 saturated carbocycles. The summed E-state index contributed by atoms with van der Waals surface area (Å²) in [6.45, 7) is 0.273. The van der Waals surface area contributed by atoms with Crippen molar-refractivity contribution >= 4 is 17.2 Å². The first-order valence-corrected chi connectivity index (χ1v) is 6.15. The topological polar surface area (TPSA) is 46.8 Å². The van der Waals surface area contributed by atoms with Gasteiger partial charge in [-0.25, -0.2) is 4.98 Å². The quantitative estimate of drug-likeness (QED) is 0.746. The van der Waals surface area contributed by atoms with E-state index in [1.54, 1.807) is 34.7 Å². The van der Waals surface area contributed by atoms with Crippen LogP contribution < -0.4 is 4.74 Å². The summed E-state index contributed by atoms with van der Waals surface area (Å²) in [5.41, 5.74) is 1.51. The van der Waals surface area contributed by atoms with Crippen molar-refractivity contribution in [1.82, 2.24) is 9.38 Å². The minimum absolute atomic E-state index is 0.115. The number of hydrogen-bond donors (Lipinski definition) is 1. The maximum Gasteiger partial charge on any atom is 0.161 e. The zero-order valence-electron chi connectivity index (χ0n) is 9.95. The Morgan fingerprint density at radius 1 is 1.16 bits per heavy atom. The maximum absolute atomic E-state index is 9.60. The van der Waals surface area contributed by atoms with Crippen LogP contribution in [0.4, 0.5) is 0 Å². The molecule has 3 rings (SSSR count). The predicted molar refractivity (Wildman–Crippen MR) is 72.6 cm³/mol. The van der Waals surface area contributed by atoms with Gasteiger partial charge < -0.3 is 9.84 Å². The van der Waals surface area contributed by atoms with Crippen molar-refractivity contribution in [3.05, 3.63) is 59.5 Å². The summed E-state index contributed by atoms with van der Waals surface area (Å²) >= 11 is 6.05. The molecule has 3 aromatic rings. The van der Waals surface area contributed by atoms with Crippen molar-refractivity contribution in [3.63, 3.8) is 0 Å². The van der Waals surface area contributed by atoms with Gasteiger partial charge in [0.15, 0.2) is 11.5 Å². The van der Waals surface area contributed by atoms with Gasteiger partial charge in [-0.15, -0.1) is 0 Å².